The minimum Gasteiger partial charge on any atom is -0.455 e. The highest BCUT2D eigenvalue weighted by Crippen LogP contribution is 2.19. The van der Waals surface area contributed by atoms with Crippen LogP contribution in [-0.4, -0.2) is 52.2 Å². The Morgan fingerprint density at radius 1 is 1.64 bits per heavy atom. The molecule has 0 amide bonds. The zero-order valence-corrected chi connectivity index (χ0v) is 7.02. The molecule has 0 aromatic rings. The maximum absolute atomic E-state index is 10.7. The van der Waals surface area contributed by atoms with Gasteiger partial charge in [-0.2, -0.15) is 0 Å². The first kappa shape index (κ1) is 10.7. The Kier molecular flexibility index (Phi) is 3.26. The second-order valence-electron chi connectivity index (χ2n) is 2.82. The van der Waals surface area contributed by atoms with Crippen LogP contribution in [0, 0.1) is 0 Å². The van der Waals surface area contributed by atoms with Crippen molar-refractivity contribution in [1.29, 1.82) is 0 Å². The normalized spacial score (nSPS) is 33.4. The van der Waals surface area contributed by atoms with Crippen molar-refractivity contribution >= 4 is 5.97 Å². The predicted octanol–water partition coefficient (Wildman–Crippen LogP) is -1.70. The molecule has 0 aliphatic carbocycles. The van der Waals surface area contributed by atoms with Crippen molar-refractivity contribution in [3.63, 3.8) is 0 Å². The molecule has 0 spiro atoms. The number of aliphatic hydroxyl groups excluding tert-OH is 3. The van der Waals surface area contributed by atoms with Gasteiger partial charge in [0.1, 0.15) is 6.10 Å². The zero-order valence-electron chi connectivity index (χ0n) is 7.02. The van der Waals surface area contributed by atoms with E-state index in [2.05, 4.69) is 14.8 Å². The lowest BCUT2D eigenvalue weighted by atomic mass is 10.1. The Labute approximate surface area is 78.3 Å². The van der Waals surface area contributed by atoms with E-state index in [0.717, 1.165) is 0 Å². The summed E-state index contributed by atoms with van der Waals surface area (Å²) in [5.41, 5.74) is 7.96. The molecule has 3 N–H and O–H groups in total. The van der Waals surface area contributed by atoms with Crippen molar-refractivity contribution in [3.05, 3.63) is 10.4 Å². The van der Waals surface area contributed by atoms with E-state index >= 15 is 0 Å². The number of cyclic esters (lactones) is 1. The first-order chi connectivity index (χ1) is 6.57. The Balaban J connectivity index is 2.61. The van der Waals surface area contributed by atoms with Crippen molar-refractivity contribution in [2.24, 2.45) is 5.11 Å². The number of ether oxygens (including phenoxy) is 1. The number of nitrogens with zero attached hydrogens (tertiary/aromatic N) is 3. The van der Waals surface area contributed by atoms with E-state index in [4.69, 9.17) is 10.6 Å². The minimum absolute atomic E-state index is 0.335. The molecule has 8 heteroatoms. The summed E-state index contributed by atoms with van der Waals surface area (Å²) in [6, 6.07) is 0. The monoisotopic (exact) mass is 203 g/mol. The van der Waals surface area contributed by atoms with Crippen molar-refractivity contribution in [2.45, 2.75) is 24.4 Å². The number of hydrogen-bond donors (Lipinski definition) is 3. The lowest BCUT2D eigenvalue weighted by molar-refractivity contribution is -0.150. The number of carbonyl (C=O) groups excluding carboxylic acids is 1. The second-order valence-corrected chi connectivity index (χ2v) is 2.82. The van der Waals surface area contributed by atoms with Gasteiger partial charge in [-0.05, 0) is 5.53 Å². The fraction of sp³-hybridized carbons (Fsp3) is 0.833. The highest BCUT2D eigenvalue weighted by atomic mass is 16.6. The Morgan fingerprint density at radius 2 is 2.29 bits per heavy atom. The maximum atomic E-state index is 10.7. The van der Waals surface area contributed by atoms with Gasteiger partial charge in [0.2, 0.25) is 0 Å². The van der Waals surface area contributed by atoms with Gasteiger partial charge < -0.3 is 20.1 Å². The van der Waals surface area contributed by atoms with Gasteiger partial charge in [-0.15, -0.1) is 0 Å². The third-order valence-corrected chi connectivity index (χ3v) is 1.87. The first-order valence-corrected chi connectivity index (χ1v) is 3.83. The Hall–Kier alpha value is -1.34. The number of aliphatic hydroxyl groups is 3. The molecular weight excluding hydrogens is 194 g/mol. The largest absolute Gasteiger partial charge is 0.455 e. The van der Waals surface area contributed by atoms with Gasteiger partial charge in [0, 0.05) is 4.91 Å². The van der Waals surface area contributed by atoms with Gasteiger partial charge in [-0.25, -0.2) is 4.79 Å². The molecule has 1 fully saturated rings. The molecule has 14 heavy (non-hydrogen) atoms. The third kappa shape index (κ3) is 1.94. The average Bonchev–Trinajstić information content (AvgIpc) is 2.42. The van der Waals surface area contributed by atoms with E-state index in [1.807, 2.05) is 0 Å². The van der Waals surface area contributed by atoms with Crippen LogP contribution < -0.4 is 0 Å². The molecule has 1 aliphatic rings. The Bertz CT molecular complexity index is 277. The standard InChI is InChI=1S/C6H9N3O5/c7-9-8-1-2(10)5-3(11)4(12)6(13)14-5/h2-5,10-12H,1H2/t2-,3-,4-,5+/m0/s1. The van der Waals surface area contributed by atoms with E-state index in [1.165, 1.54) is 0 Å². The van der Waals surface area contributed by atoms with Crippen LogP contribution in [0.25, 0.3) is 10.4 Å². The average molecular weight is 203 g/mol. The summed E-state index contributed by atoms with van der Waals surface area (Å²) in [4.78, 5) is 13.1. The van der Waals surface area contributed by atoms with Crippen molar-refractivity contribution in [3.8, 4) is 0 Å². The summed E-state index contributed by atoms with van der Waals surface area (Å²) >= 11 is 0. The van der Waals surface area contributed by atoms with Gasteiger partial charge >= 0.3 is 5.97 Å². The molecule has 1 heterocycles. The van der Waals surface area contributed by atoms with Crippen molar-refractivity contribution in [1.82, 2.24) is 0 Å². The van der Waals surface area contributed by atoms with E-state index in [0.29, 0.717) is 0 Å². The SMILES string of the molecule is [N-]=[N+]=NC[C@H](O)[C@H]1OC(=O)[C@@H](O)[C@@H]1O. The predicted molar refractivity (Wildman–Crippen MR) is 41.9 cm³/mol. The van der Waals surface area contributed by atoms with Crippen LogP contribution in [0.5, 0.6) is 0 Å². The Morgan fingerprint density at radius 3 is 2.71 bits per heavy atom. The highest BCUT2D eigenvalue weighted by molar-refractivity contribution is 5.77. The number of azide groups is 1. The van der Waals surface area contributed by atoms with Crippen LogP contribution >= 0.6 is 0 Å². The van der Waals surface area contributed by atoms with E-state index < -0.39 is 30.4 Å². The molecule has 0 radical (unpaired) electrons. The molecule has 0 aromatic carbocycles. The molecule has 1 rings (SSSR count). The van der Waals surface area contributed by atoms with Gasteiger partial charge in [0.25, 0.3) is 0 Å². The number of carbonyl (C=O) groups is 1. The van der Waals surface area contributed by atoms with Gasteiger partial charge in [-0.3, -0.25) is 0 Å². The molecule has 78 valence electrons. The van der Waals surface area contributed by atoms with Crippen LogP contribution in [-0.2, 0) is 9.53 Å². The fourth-order valence-electron chi connectivity index (χ4n) is 1.12. The van der Waals surface area contributed by atoms with Crippen molar-refractivity contribution in [2.75, 3.05) is 6.54 Å². The lowest BCUT2D eigenvalue weighted by Gasteiger charge is -2.17. The summed E-state index contributed by atoms with van der Waals surface area (Å²) in [5, 5.41) is 30.5. The molecule has 0 saturated carbocycles. The van der Waals surface area contributed by atoms with E-state index in [1.54, 1.807) is 0 Å². The van der Waals surface area contributed by atoms with Crippen LogP contribution in [0.1, 0.15) is 0 Å². The van der Waals surface area contributed by atoms with Crippen LogP contribution in [0.3, 0.4) is 0 Å². The minimum atomic E-state index is -1.65. The molecule has 0 bridgehead atoms. The van der Waals surface area contributed by atoms with Gasteiger partial charge in [0.15, 0.2) is 12.2 Å². The molecule has 4 atom stereocenters. The van der Waals surface area contributed by atoms with Crippen molar-refractivity contribution < 1.29 is 24.9 Å². The fourth-order valence-corrected chi connectivity index (χ4v) is 1.12. The second kappa shape index (κ2) is 4.25. The number of esters is 1. The molecule has 8 nitrogen and oxygen atoms in total. The van der Waals surface area contributed by atoms with Crippen LogP contribution in [0.15, 0.2) is 5.11 Å². The van der Waals surface area contributed by atoms with Gasteiger partial charge in [-0.1, -0.05) is 5.11 Å². The van der Waals surface area contributed by atoms with Crippen LogP contribution in [0.2, 0.25) is 0 Å². The zero-order chi connectivity index (χ0) is 10.7. The molecule has 1 aliphatic heterocycles. The number of hydrogen-bond acceptors (Lipinski definition) is 6. The summed E-state index contributed by atoms with van der Waals surface area (Å²) < 4.78 is 4.47. The smallest absolute Gasteiger partial charge is 0.338 e. The molecular formula is C6H9N3O5. The molecule has 0 unspecified atom stereocenters. The van der Waals surface area contributed by atoms with E-state index in [9.17, 15) is 15.0 Å². The summed E-state index contributed by atoms with van der Waals surface area (Å²) in [7, 11) is 0. The van der Waals surface area contributed by atoms with Gasteiger partial charge in [0.05, 0.1) is 12.6 Å². The molecule has 0 aromatic heterocycles. The third-order valence-electron chi connectivity index (χ3n) is 1.87. The summed E-state index contributed by atoms with van der Waals surface area (Å²) in [6.07, 6.45) is -5.71. The van der Waals surface area contributed by atoms with E-state index in [-0.39, 0.29) is 6.54 Å². The number of rotatable bonds is 3. The highest BCUT2D eigenvalue weighted by Gasteiger charge is 2.45. The maximum Gasteiger partial charge on any atom is 0.338 e. The molecule has 1 saturated heterocycles. The topological polar surface area (TPSA) is 136 Å². The quantitative estimate of drug-likeness (QED) is 0.217. The summed E-state index contributed by atoms with van der Waals surface area (Å²) in [5.74, 6) is -0.998. The van der Waals surface area contributed by atoms with Crippen LogP contribution in [0.4, 0.5) is 0 Å². The first-order valence-electron chi connectivity index (χ1n) is 3.83. The summed E-state index contributed by atoms with van der Waals surface area (Å²) in [6.45, 7) is -0.335. The lowest BCUT2D eigenvalue weighted by Crippen LogP contribution is -2.40.